The zero-order valence-electron chi connectivity index (χ0n) is 21.7. The van der Waals surface area contributed by atoms with Crippen LogP contribution in [0, 0.1) is 11.3 Å². The summed E-state index contributed by atoms with van der Waals surface area (Å²) in [5.41, 5.74) is 5.62. The molecule has 0 aliphatic carbocycles. The normalized spacial score (nSPS) is 19.5. The molecule has 2 atom stereocenters. The van der Waals surface area contributed by atoms with E-state index in [1.807, 2.05) is 24.3 Å². The van der Waals surface area contributed by atoms with Crippen molar-refractivity contribution in [3.63, 3.8) is 0 Å². The maximum Gasteiger partial charge on any atom is 0.241 e. The third kappa shape index (κ3) is 7.22. The van der Waals surface area contributed by atoms with Gasteiger partial charge in [-0.15, -0.1) is 0 Å². The summed E-state index contributed by atoms with van der Waals surface area (Å²) in [6.07, 6.45) is 5.25. The number of hydrogen-bond donors (Lipinski definition) is 4. The van der Waals surface area contributed by atoms with Crippen LogP contribution in [0.15, 0.2) is 47.4 Å². The molecule has 4 rings (SSSR count). The molecule has 0 saturated carbocycles. The Morgan fingerprint density at radius 3 is 2.37 bits per heavy atom. The van der Waals surface area contributed by atoms with Gasteiger partial charge in [0.15, 0.2) is 5.96 Å². The minimum atomic E-state index is -4.06. The smallest absolute Gasteiger partial charge is 0.241 e. The summed E-state index contributed by atoms with van der Waals surface area (Å²) in [6.45, 7) is 2.79. The molecule has 2 heterocycles. The van der Waals surface area contributed by atoms with Crippen LogP contribution in [0.5, 0.6) is 0 Å². The van der Waals surface area contributed by atoms with Gasteiger partial charge in [0.05, 0.1) is 11.3 Å². The van der Waals surface area contributed by atoms with Gasteiger partial charge in [-0.1, -0.05) is 43.2 Å². The Kier molecular flexibility index (Phi) is 9.22. The first-order chi connectivity index (χ1) is 18.2. The van der Waals surface area contributed by atoms with E-state index in [1.165, 1.54) is 6.07 Å². The van der Waals surface area contributed by atoms with Crippen molar-refractivity contribution in [2.75, 3.05) is 32.7 Å². The number of nitrogens with two attached hydrogens (primary N) is 1. The molecule has 2 aromatic carbocycles. The number of sulfonamides is 1. The number of nitrogens with zero attached hydrogens (tertiary/aromatic N) is 2. The molecule has 38 heavy (non-hydrogen) atoms. The van der Waals surface area contributed by atoms with Crippen LogP contribution in [0.4, 0.5) is 0 Å². The fourth-order valence-electron chi connectivity index (χ4n) is 5.25. The van der Waals surface area contributed by atoms with E-state index >= 15 is 0 Å². The largest absolute Gasteiger partial charge is 0.370 e. The third-order valence-corrected chi connectivity index (χ3v) is 8.85. The van der Waals surface area contributed by atoms with E-state index in [2.05, 4.69) is 10.0 Å². The van der Waals surface area contributed by atoms with Crippen molar-refractivity contribution in [2.24, 2.45) is 11.7 Å². The highest BCUT2D eigenvalue weighted by Gasteiger charge is 2.32. The van der Waals surface area contributed by atoms with E-state index in [0.717, 1.165) is 55.8 Å². The summed E-state index contributed by atoms with van der Waals surface area (Å²) in [7, 11) is -4.06. The van der Waals surface area contributed by atoms with Crippen molar-refractivity contribution in [3.8, 4) is 0 Å². The van der Waals surface area contributed by atoms with E-state index in [1.54, 1.807) is 21.9 Å². The van der Waals surface area contributed by atoms with Crippen molar-refractivity contribution in [2.45, 2.75) is 55.9 Å². The lowest BCUT2D eigenvalue weighted by Crippen LogP contribution is -2.51. The highest BCUT2D eigenvalue weighted by Crippen LogP contribution is 2.20. The Labute approximate surface area is 224 Å². The van der Waals surface area contributed by atoms with Gasteiger partial charge in [-0.05, 0) is 54.5 Å². The van der Waals surface area contributed by atoms with Crippen LogP contribution in [0.25, 0.3) is 10.8 Å². The standard InChI is InChI=1S/C27H38N6O4S/c28-27(29)33-15-7-8-20(19-33)18-30-25(34)17-24(26(35)32-13-5-1-2-6-14-32)31-38(36,37)23-12-11-21-9-3-4-10-22(21)16-23/h3-4,9-12,16,20,24,31H,1-2,5-8,13-15,17-19H2,(H3,28,29)(H,30,34)/t20?,24-/m0/s1. The molecule has 11 heteroatoms. The molecule has 1 unspecified atom stereocenters. The van der Waals surface area contributed by atoms with Crippen LogP contribution in [0.2, 0.25) is 0 Å². The van der Waals surface area contributed by atoms with E-state index in [4.69, 9.17) is 11.1 Å². The fourth-order valence-corrected chi connectivity index (χ4v) is 6.47. The zero-order chi connectivity index (χ0) is 27.1. The number of hydrogen-bond acceptors (Lipinski definition) is 5. The van der Waals surface area contributed by atoms with E-state index in [9.17, 15) is 18.0 Å². The van der Waals surface area contributed by atoms with Crippen molar-refractivity contribution in [3.05, 3.63) is 42.5 Å². The molecule has 0 radical (unpaired) electrons. The number of likely N-dealkylation sites (tertiary alicyclic amines) is 2. The van der Waals surface area contributed by atoms with Crippen molar-refractivity contribution < 1.29 is 18.0 Å². The Hall–Kier alpha value is -3.18. The molecule has 2 aromatic rings. The summed E-state index contributed by atoms with van der Waals surface area (Å²) in [6, 6.07) is 11.1. The maximum absolute atomic E-state index is 13.5. The topological polar surface area (TPSA) is 149 Å². The van der Waals surface area contributed by atoms with Gasteiger partial charge < -0.3 is 20.9 Å². The fraction of sp³-hybridized carbons (Fsp3) is 0.519. The molecule has 2 aliphatic rings. The number of guanidine groups is 1. The molecule has 0 spiro atoms. The van der Waals surface area contributed by atoms with Gasteiger partial charge in [0.25, 0.3) is 0 Å². The monoisotopic (exact) mass is 542 g/mol. The average Bonchev–Trinajstić information content (AvgIpc) is 3.20. The van der Waals surface area contributed by atoms with Crippen molar-refractivity contribution in [1.82, 2.24) is 19.8 Å². The Bertz CT molecular complexity index is 1260. The summed E-state index contributed by atoms with van der Waals surface area (Å²) in [4.78, 5) is 30.0. The molecule has 2 saturated heterocycles. The number of rotatable bonds is 8. The summed E-state index contributed by atoms with van der Waals surface area (Å²) < 4.78 is 29.3. The number of amides is 2. The number of carbonyl (C=O) groups excluding carboxylic acids is 2. The summed E-state index contributed by atoms with van der Waals surface area (Å²) in [5, 5.41) is 12.2. The van der Waals surface area contributed by atoms with E-state index < -0.39 is 16.1 Å². The van der Waals surface area contributed by atoms with Gasteiger partial charge >= 0.3 is 0 Å². The van der Waals surface area contributed by atoms with Gasteiger partial charge in [-0.2, -0.15) is 4.72 Å². The Balaban J connectivity index is 1.47. The quantitative estimate of drug-likeness (QED) is 0.296. The summed E-state index contributed by atoms with van der Waals surface area (Å²) >= 11 is 0. The minimum Gasteiger partial charge on any atom is -0.370 e. The van der Waals surface area contributed by atoms with Gasteiger partial charge in [0.2, 0.25) is 21.8 Å². The first kappa shape index (κ1) is 27.8. The van der Waals surface area contributed by atoms with Crippen LogP contribution in [0.3, 0.4) is 0 Å². The van der Waals surface area contributed by atoms with Crippen LogP contribution < -0.4 is 15.8 Å². The number of piperidine rings is 1. The lowest BCUT2D eigenvalue weighted by Gasteiger charge is -2.33. The van der Waals surface area contributed by atoms with E-state index in [0.29, 0.717) is 26.2 Å². The Morgan fingerprint density at radius 1 is 0.974 bits per heavy atom. The second kappa shape index (κ2) is 12.6. The predicted molar refractivity (Wildman–Crippen MR) is 147 cm³/mol. The van der Waals surface area contributed by atoms with Crippen LogP contribution in [-0.2, 0) is 19.6 Å². The lowest BCUT2D eigenvalue weighted by molar-refractivity contribution is -0.135. The van der Waals surface area contributed by atoms with Crippen LogP contribution >= 0.6 is 0 Å². The highest BCUT2D eigenvalue weighted by molar-refractivity contribution is 7.89. The number of benzene rings is 2. The first-order valence-corrected chi connectivity index (χ1v) is 14.9. The van der Waals surface area contributed by atoms with Gasteiger partial charge in [0.1, 0.15) is 6.04 Å². The van der Waals surface area contributed by atoms with Crippen LogP contribution in [0.1, 0.15) is 44.9 Å². The number of carbonyl (C=O) groups is 2. The van der Waals surface area contributed by atoms with Crippen LogP contribution in [-0.4, -0.2) is 74.8 Å². The SMILES string of the molecule is N=C(N)N1CCCC(CNC(=O)C[C@H](NS(=O)(=O)c2ccc3ccccc3c2)C(=O)N2CCCCCC2)C1. The molecular formula is C27H38N6O4S. The first-order valence-electron chi connectivity index (χ1n) is 13.4. The van der Waals surface area contributed by atoms with Crippen molar-refractivity contribution in [1.29, 1.82) is 5.41 Å². The average molecular weight is 543 g/mol. The molecule has 0 bridgehead atoms. The minimum absolute atomic E-state index is 0.0206. The second-order valence-corrected chi connectivity index (χ2v) is 12.0. The maximum atomic E-state index is 13.5. The lowest BCUT2D eigenvalue weighted by atomic mass is 9.98. The van der Waals surface area contributed by atoms with E-state index in [-0.39, 0.29) is 35.0 Å². The molecule has 0 aromatic heterocycles. The zero-order valence-corrected chi connectivity index (χ0v) is 22.5. The molecule has 10 nitrogen and oxygen atoms in total. The second-order valence-electron chi connectivity index (χ2n) is 10.3. The predicted octanol–water partition coefficient (Wildman–Crippen LogP) is 2.00. The molecule has 206 valence electrons. The third-order valence-electron chi connectivity index (χ3n) is 7.38. The molecule has 2 fully saturated rings. The van der Waals surface area contributed by atoms with Crippen molar-refractivity contribution >= 4 is 38.6 Å². The van der Waals surface area contributed by atoms with Gasteiger partial charge in [-0.25, -0.2) is 8.42 Å². The van der Waals surface area contributed by atoms with Gasteiger partial charge in [-0.3, -0.25) is 15.0 Å². The Morgan fingerprint density at radius 2 is 1.66 bits per heavy atom. The molecule has 2 amide bonds. The molecular weight excluding hydrogens is 504 g/mol. The highest BCUT2D eigenvalue weighted by atomic mass is 32.2. The summed E-state index contributed by atoms with van der Waals surface area (Å²) in [5.74, 6) is -0.607. The number of nitrogens with one attached hydrogen (secondary N) is 3. The van der Waals surface area contributed by atoms with Gasteiger partial charge in [0, 0.05) is 32.7 Å². The molecule has 5 N–H and O–H groups in total. The molecule has 2 aliphatic heterocycles. The number of fused-ring (bicyclic) bond motifs is 1.